The number of benzene rings is 1. The van der Waals surface area contributed by atoms with E-state index in [1.807, 2.05) is 0 Å². The number of hydrogen-bond donors (Lipinski definition) is 2. The van der Waals surface area contributed by atoms with Crippen molar-refractivity contribution in [2.24, 2.45) is 14.1 Å². The molecule has 1 aliphatic rings. The highest BCUT2D eigenvalue weighted by Gasteiger charge is 2.51. The lowest BCUT2D eigenvalue weighted by Gasteiger charge is -2.25. The lowest BCUT2D eigenvalue weighted by molar-refractivity contribution is -0.131. The number of nitrogens with zero attached hydrogens (tertiary/aromatic N) is 3. The molecule has 1 aliphatic heterocycles. The van der Waals surface area contributed by atoms with Crippen LogP contribution in [0.5, 0.6) is 0 Å². The summed E-state index contributed by atoms with van der Waals surface area (Å²) in [7, 11) is 2.53. The first-order valence-corrected chi connectivity index (χ1v) is 8.94. The molecular formula is C19H21N5O5. The Morgan fingerprint density at radius 2 is 1.69 bits per heavy atom. The molecule has 1 unspecified atom stereocenters. The van der Waals surface area contributed by atoms with Crippen molar-refractivity contribution in [1.82, 2.24) is 19.4 Å². The van der Waals surface area contributed by atoms with Crippen molar-refractivity contribution < 1.29 is 14.4 Å². The Morgan fingerprint density at radius 3 is 2.28 bits per heavy atom. The number of nitrogens with one attached hydrogen (secondary N) is 1. The summed E-state index contributed by atoms with van der Waals surface area (Å²) in [6.45, 7) is 1.08. The Hall–Kier alpha value is -3.69. The molecule has 10 nitrogen and oxygen atoms in total. The van der Waals surface area contributed by atoms with E-state index in [0.29, 0.717) is 5.56 Å². The molecule has 152 valence electrons. The zero-order valence-electron chi connectivity index (χ0n) is 16.3. The number of nitrogens with two attached hydrogens (primary N) is 1. The van der Waals surface area contributed by atoms with Crippen LogP contribution < -0.4 is 22.3 Å². The van der Waals surface area contributed by atoms with E-state index in [0.717, 1.165) is 14.0 Å². The molecule has 3 N–H and O–H groups in total. The molecule has 1 fully saturated rings. The molecule has 0 spiro atoms. The van der Waals surface area contributed by atoms with E-state index in [9.17, 15) is 24.0 Å². The Morgan fingerprint density at radius 1 is 1.07 bits per heavy atom. The fourth-order valence-electron chi connectivity index (χ4n) is 3.48. The fourth-order valence-corrected chi connectivity index (χ4v) is 3.48. The van der Waals surface area contributed by atoms with Gasteiger partial charge in [0, 0.05) is 14.1 Å². The lowest BCUT2D eigenvalue weighted by atomic mass is 9.87. The van der Waals surface area contributed by atoms with Crippen LogP contribution in [-0.4, -0.2) is 38.3 Å². The molecule has 10 heteroatoms. The highest BCUT2D eigenvalue weighted by atomic mass is 16.2. The summed E-state index contributed by atoms with van der Waals surface area (Å²) in [5.74, 6) is -1.74. The Balaban J connectivity index is 1.99. The van der Waals surface area contributed by atoms with Gasteiger partial charge in [-0.15, -0.1) is 0 Å². The van der Waals surface area contributed by atoms with Crippen molar-refractivity contribution >= 4 is 23.5 Å². The number of aromatic nitrogens is 2. The van der Waals surface area contributed by atoms with Gasteiger partial charge in [-0.1, -0.05) is 37.3 Å². The third kappa shape index (κ3) is 2.93. The minimum Gasteiger partial charge on any atom is -0.384 e. The number of hydrogen-bond acceptors (Lipinski definition) is 6. The third-order valence-corrected chi connectivity index (χ3v) is 5.26. The highest BCUT2D eigenvalue weighted by Crippen LogP contribution is 2.32. The van der Waals surface area contributed by atoms with E-state index < -0.39 is 46.6 Å². The van der Waals surface area contributed by atoms with Crippen LogP contribution in [0.25, 0.3) is 0 Å². The van der Waals surface area contributed by atoms with Gasteiger partial charge < -0.3 is 11.1 Å². The van der Waals surface area contributed by atoms with Crippen molar-refractivity contribution in [3.8, 4) is 0 Å². The Bertz CT molecular complexity index is 1130. The van der Waals surface area contributed by atoms with E-state index in [1.165, 1.54) is 14.1 Å². The Kier molecular flexibility index (Phi) is 4.87. The van der Waals surface area contributed by atoms with Crippen molar-refractivity contribution in [1.29, 1.82) is 0 Å². The van der Waals surface area contributed by atoms with Crippen LogP contribution in [0.3, 0.4) is 0 Å². The van der Waals surface area contributed by atoms with Gasteiger partial charge in [0.05, 0.1) is 6.54 Å². The van der Waals surface area contributed by atoms with Gasteiger partial charge in [0.2, 0.25) is 0 Å². The quantitative estimate of drug-likeness (QED) is 0.523. The first kappa shape index (κ1) is 20.1. The number of carbonyl (C=O) groups excluding carboxylic acids is 3. The zero-order chi connectivity index (χ0) is 21.5. The largest absolute Gasteiger partial charge is 0.384 e. The summed E-state index contributed by atoms with van der Waals surface area (Å²) in [5.41, 5.74) is 3.08. The van der Waals surface area contributed by atoms with Crippen LogP contribution in [0, 0.1) is 0 Å². The van der Waals surface area contributed by atoms with Crippen LogP contribution in [0.15, 0.2) is 39.9 Å². The van der Waals surface area contributed by atoms with Gasteiger partial charge >= 0.3 is 11.7 Å². The summed E-state index contributed by atoms with van der Waals surface area (Å²) in [5, 5.41) is 2.67. The number of Topliss-reactive ketones (excluding diaryl/α,β-unsaturated/α-hetero) is 1. The number of carbonyl (C=O) groups is 3. The van der Waals surface area contributed by atoms with Gasteiger partial charge in [-0.05, 0) is 12.0 Å². The van der Waals surface area contributed by atoms with E-state index in [-0.39, 0.29) is 12.2 Å². The number of imide groups is 1. The Labute approximate surface area is 165 Å². The summed E-state index contributed by atoms with van der Waals surface area (Å²) in [6, 6.07) is 7.97. The predicted molar refractivity (Wildman–Crippen MR) is 104 cm³/mol. The molecule has 2 aromatic rings. The maximum Gasteiger partial charge on any atom is 0.332 e. The first-order valence-electron chi connectivity index (χ1n) is 8.94. The van der Waals surface area contributed by atoms with Gasteiger partial charge in [0.25, 0.3) is 11.5 Å². The molecule has 1 saturated heterocycles. The van der Waals surface area contributed by atoms with Crippen LogP contribution >= 0.6 is 0 Å². The topological polar surface area (TPSA) is 136 Å². The number of urea groups is 1. The van der Waals surface area contributed by atoms with Gasteiger partial charge in [0.1, 0.15) is 16.9 Å². The average Bonchev–Trinajstić information content (AvgIpc) is 2.96. The van der Waals surface area contributed by atoms with Crippen molar-refractivity contribution in [3.05, 3.63) is 62.3 Å². The van der Waals surface area contributed by atoms with Crippen LogP contribution in [0.2, 0.25) is 0 Å². The smallest absolute Gasteiger partial charge is 0.332 e. The van der Waals surface area contributed by atoms with Crippen molar-refractivity contribution in [3.63, 3.8) is 0 Å². The third-order valence-electron chi connectivity index (χ3n) is 5.26. The monoisotopic (exact) mass is 399 g/mol. The molecule has 29 heavy (non-hydrogen) atoms. The summed E-state index contributed by atoms with van der Waals surface area (Å²) in [6.07, 6.45) is 0.274. The fraction of sp³-hybridized carbons (Fsp3) is 0.316. The van der Waals surface area contributed by atoms with Crippen LogP contribution in [0.1, 0.15) is 29.3 Å². The summed E-state index contributed by atoms with van der Waals surface area (Å²) in [4.78, 5) is 63.5. The molecule has 0 radical (unpaired) electrons. The molecule has 0 saturated carbocycles. The molecule has 1 aromatic heterocycles. The zero-order valence-corrected chi connectivity index (χ0v) is 16.3. The number of nitrogen functional groups attached to an aromatic ring is 1. The predicted octanol–water partition coefficient (Wildman–Crippen LogP) is -0.294. The molecule has 1 aromatic carbocycles. The molecule has 1 atom stereocenters. The number of anilines is 1. The maximum absolute atomic E-state index is 13.1. The molecule has 0 bridgehead atoms. The summed E-state index contributed by atoms with van der Waals surface area (Å²) < 4.78 is 1.70. The maximum atomic E-state index is 13.1. The number of amides is 3. The standard InChI is InChI=1S/C19H21N5O5/c1-4-19(11-8-6-5-7-9-11)16(27)24(17(28)21-19)10-12(25)13-14(20)22(2)18(29)23(3)15(13)26/h5-9H,4,10,20H2,1-3H3,(H,21,28). The SMILES string of the molecule is CCC1(c2ccccc2)NC(=O)N(CC(=O)c2c(N)n(C)c(=O)n(C)c2=O)C1=O. The second-order valence-corrected chi connectivity index (χ2v) is 6.84. The molecule has 3 rings (SSSR count). The first-order chi connectivity index (χ1) is 13.7. The summed E-state index contributed by atoms with van der Waals surface area (Å²) >= 11 is 0. The minimum absolute atomic E-state index is 0.274. The van der Waals surface area contributed by atoms with Crippen LogP contribution in [-0.2, 0) is 24.4 Å². The van der Waals surface area contributed by atoms with Gasteiger partial charge in [0.15, 0.2) is 5.78 Å². The van der Waals surface area contributed by atoms with Crippen molar-refractivity contribution in [2.75, 3.05) is 12.3 Å². The second-order valence-electron chi connectivity index (χ2n) is 6.84. The van der Waals surface area contributed by atoms with E-state index in [2.05, 4.69) is 5.32 Å². The van der Waals surface area contributed by atoms with Crippen molar-refractivity contribution in [2.45, 2.75) is 18.9 Å². The minimum atomic E-state index is -1.29. The molecular weight excluding hydrogens is 378 g/mol. The number of ketones is 1. The second kappa shape index (κ2) is 7.04. The van der Waals surface area contributed by atoms with E-state index >= 15 is 0 Å². The molecule has 2 heterocycles. The van der Waals surface area contributed by atoms with Gasteiger partial charge in [-0.25, -0.2) is 9.59 Å². The van der Waals surface area contributed by atoms with E-state index in [1.54, 1.807) is 37.3 Å². The lowest BCUT2D eigenvalue weighted by Crippen LogP contribution is -2.45. The molecule has 3 amide bonds. The van der Waals surface area contributed by atoms with Crippen LogP contribution in [0.4, 0.5) is 10.6 Å². The van der Waals surface area contributed by atoms with Gasteiger partial charge in [-0.2, -0.15) is 0 Å². The highest BCUT2D eigenvalue weighted by molar-refractivity contribution is 6.12. The normalized spacial score (nSPS) is 18.8. The van der Waals surface area contributed by atoms with E-state index in [4.69, 9.17) is 5.73 Å². The number of rotatable bonds is 5. The molecule has 0 aliphatic carbocycles. The average molecular weight is 399 g/mol. The van der Waals surface area contributed by atoms with Gasteiger partial charge in [-0.3, -0.25) is 28.4 Å².